The number of amides is 1. The Labute approximate surface area is 123 Å². The highest BCUT2D eigenvalue weighted by Gasteiger charge is 2.10. The van der Waals surface area contributed by atoms with Gasteiger partial charge in [-0.15, -0.1) is 0 Å². The van der Waals surface area contributed by atoms with E-state index in [2.05, 4.69) is 22.5 Å². The lowest BCUT2D eigenvalue weighted by molar-refractivity contribution is 0.102. The zero-order chi connectivity index (χ0) is 15.2. The first-order chi connectivity index (χ1) is 10.1. The van der Waals surface area contributed by atoms with Crippen molar-refractivity contribution in [2.75, 3.05) is 17.7 Å². The standard InChI is InChI=1S/C16H18FN3O/c1-3-4-14-9-11(10-15(18-2)19-14)16(21)20-13-7-5-12(17)6-8-13/h5-10H,3-4H2,1-2H3,(H,18,19)(H,20,21). The Morgan fingerprint density at radius 1 is 1.24 bits per heavy atom. The lowest BCUT2D eigenvalue weighted by Gasteiger charge is -2.09. The van der Waals surface area contributed by atoms with Crippen LogP contribution in [0, 0.1) is 5.82 Å². The zero-order valence-electron chi connectivity index (χ0n) is 12.1. The number of nitrogens with zero attached hydrogens (tertiary/aromatic N) is 1. The number of carbonyl (C=O) groups is 1. The molecule has 0 aliphatic rings. The molecule has 0 radical (unpaired) electrons. The molecule has 0 fully saturated rings. The molecule has 0 spiro atoms. The molecule has 2 N–H and O–H groups in total. The van der Waals surface area contributed by atoms with Crippen LogP contribution in [0.1, 0.15) is 29.4 Å². The lowest BCUT2D eigenvalue weighted by atomic mass is 10.1. The molecule has 0 unspecified atom stereocenters. The minimum Gasteiger partial charge on any atom is -0.373 e. The van der Waals surface area contributed by atoms with E-state index in [1.54, 1.807) is 19.2 Å². The maximum atomic E-state index is 12.9. The molecule has 0 saturated heterocycles. The van der Waals surface area contributed by atoms with Crippen molar-refractivity contribution in [1.82, 2.24) is 4.98 Å². The van der Waals surface area contributed by atoms with Crippen molar-refractivity contribution in [2.45, 2.75) is 19.8 Å². The summed E-state index contributed by atoms with van der Waals surface area (Å²) in [5.74, 6) is 0.0858. The van der Waals surface area contributed by atoms with E-state index in [0.717, 1.165) is 18.5 Å². The minimum atomic E-state index is -0.334. The van der Waals surface area contributed by atoms with Gasteiger partial charge in [0.15, 0.2) is 0 Å². The summed E-state index contributed by atoms with van der Waals surface area (Å²) in [7, 11) is 1.76. The van der Waals surface area contributed by atoms with E-state index >= 15 is 0 Å². The minimum absolute atomic E-state index is 0.238. The van der Waals surface area contributed by atoms with Gasteiger partial charge < -0.3 is 10.6 Å². The van der Waals surface area contributed by atoms with Crippen molar-refractivity contribution in [3.05, 3.63) is 53.5 Å². The fraction of sp³-hybridized carbons (Fsp3) is 0.250. The molecule has 110 valence electrons. The van der Waals surface area contributed by atoms with E-state index in [-0.39, 0.29) is 11.7 Å². The van der Waals surface area contributed by atoms with Gasteiger partial charge in [0.2, 0.25) is 0 Å². The third kappa shape index (κ3) is 4.02. The highest BCUT2D eigenvalue weighted by molar-refractivity contribution is 6.04. The Bertz CT molecular complexity index is 626. The molecule has 0 aliphatic heterocycles. The molecule has 1 heterocycles. The molecule has 1 amide bonds. The van der Waals surface area contributed by atoms with Gasteiger partial charge in [-0.1, -0.05) is 13.3 Å². The average molecular weight is 287 g/mol. The zero-order valence-corrected chi connectivity index (χ0v) is 12.1. The highest BCUT2D eigenvalue weighted by Crippen LogP contribution is 2.15. The van der Waals surface area contributed by atoms with Gasteiger partial charge in [-0.25, -0.2) is 9.37 Å². The molecule has 0 atom stereocenters. The largest absolute Gasteiger partial charge is 0.373 e. The number of benzene rings is 1. The Kier molecular flexibility index (Phi) is 4.87. The third-order valence-corrected chi connectivity index (χ3v) is 3.00. The van der Waals surface area contributed by atoms with Crippen LogP contribution >= 0.6 is 0 Å². The van der Waals surface area contributed by atoms with Gasteiger partial charge in [0.05, 0.1) is 0 Å². The van der Waals surface area contributed by atoms with Crippen molar-refractivity contribution < 1.29 is 9.18 Å². The van der Waals surface area contributed by atoms with E-state index in [4.69, 9.17) is 0 Å². The number of hydrogen-bond acceptors (Lipinski definition) is 3. The van der Waals surface area contributed by atoms with Gasteiger partial charge in [0, 0.05) is 24.0 Å². The van der Waals surface area contributed by atoms with Crippen molar-refractivity contribution in [3.8, 4) is 0 Å². The first-order valence-electron chi connectivity index (χ1n) is 6.88. The Hall–Kier alpha value is -2.43. The summed E-state index contributed by atoms with van der Waals surface area (Å²) in [6.07, 6.45) is 1.77. The molecule has 5 heteroatoms. The monoisotopic (exact) mass is 287 g/mol. The number of rotatable bonds is 5. The van der Waals surface area contributed by atoms with E-state index in [1.807, 2.05) is 0 Å². The van der Waals surface area contributed by atoms with Crippen LogP contribution in [0.2, 0.25) is 0 Å². The summed E-state index contributed by atoms with van der Waals surface area (Å²) in [6, 6.07) is 9.15. The highest BCUT2D eigenvalue weighted by atomic mass is 19.1. The first-order valence-corrected chi connectivity index (χ1v) is 6.88. The van der Waals surface area contributed by atoms with Crippen LogP contribution < -0.4 is 10.6 Å². The molecular formula is C16H18FN3O. The summed E-state index contributed by atoms with van der Waals surface area (Å²) in [6.45, 7) is 2.06. The molecule has 1 aromatic heterocycles. The van der Waals surface area contributed by atoms with Crippen LogP contribution in [0.3, 0.4) is 0 Å². The molecule has 4 nitrogen and oxygen atoms in total. The van der Waals surface area contributed by atoms with Gasteiger partial charge in [-0.05, 0) is 42.8 Å². The summed E-state index contributed by atoms with van der Waals surface area (Å²) in [5, 5.41) is 5.70. The average Bonchev–Trinajstić information content (AvgIpc) is 2.49. The molecule has 0 saturated carbocycles. The van der Waals surface area contributed by atoms with Gasteiger partial charge in [-0.3, -0.25) is 4.79 Å². The molecule has 21 heavy (non-hydrogen) atoms. The number of hydrogen-bond donors (Lipinski definition) is 2. The molecule has 0 aliphatic carbocycles. The SMILES string of the molecule is CCCc1cc(C(=O)Nc2ccc(F)cc2)cc(NC)n1. The topological polar surface area (TPSA) is 54.0 Å². The van der Waals surface area contributed by atoms with E-state index in [1.165, 1.54) is 24.3 Å². The van der Waals surface area contributed by atoms with Crippen LogP contribution in [0.25, 0.3) is 0 Å². The Balaban J connectivity index is 2.21. The number of halogens is 1. The summed E-state index contributed by atoms with van der Waals surface area (Å²) >= 11 is 0. The number of carbonyl (C=O) groups excluding carboxylic acids is 1. The van der Waals surface area contributed by atoms with Gasteiger partial charge in [0.25, 0.3) is 5.91 Å². The molecule has 2 rings (SSSR count). The maximum Gasteiger partial charge on any atom is 0.255 e. The Morgan fingerprint density at radius 2 is 1.95 bits per heavy atom. The molecule has 1 aromatic carbocycles. The van der Waals surface area contributed by atoms with E-state index in [9.17, 15) is 9.18 Å². The fourth-order valence-electron chi connectivity index (χ4n) is 1.97. The predicted octanol–water partition coefficient (Wildman–Crippen LogP) is 3.47. The lowest BCUT2D eigenvalue weighted by Crippen LogP contribution is -2.13. The van der Waals surface area contributed by atoms with Gasteiger partial charge in [-0.2, -0.15) is 0 Å². The first kappa shape index (κ1) is 15.0. The van der Waals surface area contributed by atoms with Crippen LogP contribution in [-0.4, -0.2) is 17.9 Å². The van der Waals surface area contributed by atoms with Crippen molar-refractivity contribution in [3.63, 3.8) is 0 Å². The number of aromatic nitrogens is 1. The molecule has 0 bridgehead atoms. The number of nitrogens with one attached hydrogen (secondary N) is 2. The van der Waals surface area contributed by atoms with Crippen LogP contribution in [0.15, 0.2) is 36.4 Å². The second kappa shape index (κ2) is 6.83. The second-order valence-corrected chi connectivity index (χ2v) is 4.69. The number of pyridine rings is 1. The fourth-order valence-corrected chi connectivity index (χ4v) is 1.97. The quantitative estimate of drug-likeness (QED) is 0.885. The van der Waals surface area contributed by atoms with Crippen molar-refractivity contribution in [1.29, 1.82) is 0 Å². The Morgan fingerprint density at radius 3 is 2.57 bits per heavy atom. The van der Waals surface area contributed by atoms with Gasteiger partial charge in [0.1, 0.15) is 11.6 Å². The summed E-state index contributed by atoms with van der Waals surface area (Å²) < 4.78 is 12.9. The number of aryl methyl sites for hydroxylation is 1. The van der Waals surface area contributed by atoms with E-state index < -0.39 is 0 Å². The van der Waals surface area contributed by atoms with Crippen LogP contribution in [0.5, 0.6) is 0 Å². The number of anilines is 2. The van der Waals surface area contributed by atoms with Gasteiger partial charge >= 0.3 is 0 Å². The van der Waals surface area contributed by atoms with Crippen LogP contribution in [0.4, 0.5) is 15.9 Å². The maximum absolute atomic E-state index is 12.9. The normalized spacial score (nSPS) is 10.2. The second-order valence-electron chi connectivity index (χ2n) is 4.69. The molecular weight excluding hydrogens is 269 g/mol. The van der Waals surface area contributed by atoms with Crippen molar-refractivity contribution >= 4 is 17.4 Å². The van der Waals surface area contributed by atoms with Crippen molar-refractivity contribution in [2.24, 2.45) is 0 Å². The smallest absolute Gasteiger partial charge is 0.255 e. The van der Waals surface area contributed by atoms with Crippen LogP contribution in [-0.2, 0) is 6.42 Å². The third-order valence-electron chi connectivity index (χ3n) is 3.00. The summed E-state index contributed by atoms with van der Waals surface area (Å²) in [5.41, 5.74) is 1.96. The summed E-state index contributed by atoms with van der Waals surface area (Å²) in [4.78, 5) is 16.7. The molecule has 2 aromatic rings. The predicted molar refractivity (Wildman–Crippen MR) is 82.1 cm³/mol. The van der Waals surface area contributed by atoms with E-state index in [0.29, 0.717) is 17.1 Å².